The molecule has 164 valence electrons. The zero-order valence-corrected chi connectivity index (χ0v) is 20.3. The Morgan fingerprint density at radius 1 is 1.19 bits per heavy atom. The van der Waals surface area contributed by atoms with E-state index < -0.39 is 0 Å². The van der Waals surface area contributed by atoms with E-state index in [2.05, 4.69) is 64.5 Å². The Labute approximate surface area is 199 Å². The number of carbonyl (C=O) groups is 1. The van der Waals surface area contributed by atoms with Gasteiger partial charge in [-0.2, -0.15) is 0 Å². The van der Waals surface area contributed by atoms with Crippen LogP contribution in [0.2, 0.25) is 0 Å². The number of carbonyl (C=O) groups excluding carboxylic acids is 1. The Balaban J connectivity index is 1.41. The number of thioether (sulfide) groups is 1. The van der Waals surface area contributed by atoms with E-state index in [1.807, 2.05) is 28.2 Å². The Kier molecular flexibility index (Phi) is 7.19. The predicted octanol–water partition coefficient (Wildman–Crippen LogP) is 5.92. The first-order chi connectivity index (χ1) is 15.6. The molecule has 0 aliphatic heterocycles. The molecular formula is C23H23N5OS3. The second-order valence-corrected chi connectivity index (χ2v) is 9.90. The van der Waals surface area contributed by atoms with Crippen LogP contribution in [0.15, 0.2) is 58.9 Å². The molecule has 6 nitrogen and oxygen atoms in total. The molecule has 0 radical (unpaired) electrons. The summed E-state index contributed by atoms with van der Waals surface area (Å²) in [5.41, 5.74) is 4.14. The minimum Gasteiger partial charge on any atom is -0.301 e. The summed E-state index contributed by atoms with van der Waals surface area (Å²) < 4.78 is 1.99. The number of allylic oxidation sites excluding steroid dienone is 1. The maximum atomic E-state index is 12.5. The number of aryl methyl sites for hydroxylation is 2. The van der Waals surface area contributed by atoms with Gasteiger partial charge in [0.15, 0.2) is 16.1 Å². The molecule has 0 unspecified atom stereocenters. The average molecular weight is 482 g/mol. The molecule has 1 amide bonds. The summed E-state index contributed by atoms with van der Waals surface area (Å²) in [4.78, 5) is 18.4. The van der Waals surface area contributed by atoms with Crippen LogP contribution in [0.4, 0.5) is 5.13 Å². The van der Waals surface area contributed by atoms with E-state index in [-0.39, 0.29) is 11.7 Å². The SMILES string of the molecule is C=CCn1c(SCC(=O)Nc2nc(-c3ccc(C)cc3)cs2)nnc1-c1csc(CC)c1. The molecule has 0 fully saturated rings. The zero-order chi connectivity index (χ0) is 22.5. The van der Waals surface area contributed by atoms with Crippen LogP contribution in [0, 0.1) is 6.92 Å². The second kappa shape index (κ2) is 10.2. The highest BCUT2D eigenvalue weighted by Gasteiger charge is 2.16. The summed E-state index contributed by atoms with van der Waals surface area (Å²) in [5, 5.41) is 16.9. The van der Waals surface area contributed by atoms with Gasteiger partial charge < -0.3 is 5.32 Å². The fourth-order valence-corrected chi connectivity index (χ4v) is 5.36. The van der Waals surface area contributed by atoms with Gasteiger partial charge in [0.25, 0.3) is 0 Å². The van der Waals surface area contributed by atoms with E-state index >= 15 is 0 Å². The number of rotatable bonds is 9. The van der Waals surface area contributed by atoms with Crippen LogP contribution >= 0.6 is 34.4 Å². The van der Waals surface area contributed by atoms with Crippen molar-refractivity contribution in [2.75, 3.05) is 11.1 Å². The molecule has 1 N–H and O–H groups in total. The lowest BCUT2D eigenvalue weighted by molar-refractivity contribution is -0.113. The molecule has 4 rings (SSSR count). The van der Waals surface area contributed by atoms with Gasteiger partial charge in [-0.15, -0.1) is 39.4 Å². The van der Waals surface area contributed by atoms with E-state index in [9.17, 15) is 4.79 Å². The topological polar surface area (TPSA) is 72.7 Å². The predicted molar refractivity (Wildman–Crippen MR) is 135 cm³/mol. The van der Waals surface area contributed by atoms with Crippen molar-refractivity contribution in [2.24, 2.45) is 0 Å². The molecule has 4 aromatic rings. The number of benzene rings is 1. The minimum absolute atomic E-state index is 0.127. The van der Waals surface area contributed by atoms with E-state index in [0.717, 1.165) is 29.1 Å². The maximum Gasteiger partial charge on any atom is 0.236 e. The van der Waals surface area contributed by atoms with E-state index in [4.69, 9.17) is 0 Å². The van der Waals surface area contributed by atoms with Crippen LogP contribution in [-0.4, -0.2) is 31.4 Å². The van der Waals surface area contributed by atoms with Crippen molar-refractivity contribution in [3.63, 3.8) is 0 Å². The minimum atomic E-state index is -0.127. The first kappa shape index (κ1) is 22.4. The third-order valence-electron chi connectivity index (χ3n) is 4.72. The third-order valence-corrected chi connectivity index (χ3v) is 7.52. The molecule has 0 atom stereocenters. The molecule has 9 heteroatoms. The van der Waals surface area contributed by atoms with E-state index in [0.29, 0.717) is 16.8 Å². The Morgan fingerprint density at radius 2 is 2.00 bits per heavy atom. The number of nitrogens with one attached hydrogen (secondary N) is 1. The van der Waals surface area contributed by atoms with Crippen molar-refractivity contribution in [1.82, 2.24) is 19.7 Å². The van der Waals surface area contributed by atoms with Crippen LogP contribution in [0.3, 0.4) is 0 Å². The summed E-state index contributed by atoms with van der Waals surface area (Å²) in [6, 6.07) is 10.3. The van der Waals surface area contributed by atoms with Gasteiger partial charge in [0, 0.05) is 33.3 Å². The summed E-state index contributed by atoms with van der Waals surface area (Å²) in [6.45, 7) is 8.61. The van der Waals surface area contributed by atoms with Crippen LogP contribution in [0.25, 0.3) is 22.6 Å². The van der Waals surface area contributed by atoms with Crippen LogP contribution in [0.5, 0.6) is 0 Å². The number of thiophene rings is 1. The molecule has 32 heavy (non-hydrogen) atoms. The van der Waals surface area contributed by atoms with Crippen molar-refractivity contribution < 1.29 is 4.79 Å². The van der Waals surface area contributed by atoms with Gasteiger partial charge in [-0.25, -0.2) is 4.98 Å². The Morgan fingerprint density at radius 3 is 2.72 bits per heavy atom. The molecule has 3 aromatic heterocycles. The lowest BCUT2D eigenvalue weighted by atomic mass is 10.1. The van der Waals surface area contributed by atoms with Crippen molar-refractivity contribution >= 4 is 45.5 Å². The summed E-state index contributed by atoms with van der Waals surface area (Å²) in [5.74, 6) is 0.892. The summed E-state index contributed by atoms with van der Waals surface area (Å²) >= 11 is 4.49. The Bertz CT molecular complexity index is 1220. The lowest BCUT2D eigenvalue weighted by Gasteiger charge is -2.06. The average Bonchev–Trinajstić information content (AvgIpc) is 3.53. The van der Waals surface area contributed by atoms with E-state index in [1.54, 1.807) is 11.3 Å². The third kappa shape index (κ3) is 5.17. The molecule has 0 saturated carbocycles. The molecule has 3 heterocycles. The second-order valence-electron chi connectivity index (χ2n) is 7.10. The van der Waals surface area contributed by atoms with Gasteiger partial charge in [0.2, 0.25) is 5.91 Å². The molecule has 0 saturated heterocycles. The molecule has 0 aliphatic carbocycles. The van der Waals surface area contributed by atoms with Crippen molar-refractivity contribution in [3.05, 3.63) is 64.2 Å². The number of hydrogen-bond donors (Lipinski definition) is 1. The van der Waals surface area contributed by atoms with Gasteiger partial charge >= 0.3 is 0 Å². The van der Waals surface area contributed by atoms with Crippen LogP contribution < -0.4 is 5.32 Å². The van der Waals surface area contributed by atoms with Crippen molar-refractivity contribution in [2.45, 2.75) is 32.0 Å². The maximum absolute atomic E-state index is 12.5. The highest BCUT2D eigenvalue weighted by Crippen LogP contribution is 2.29. The highest BCUT2D eigenvalue weighted by atomic mass is 32.2. The van der Waals surface area contributed by atoms with Crippen molar-refractivity contribution in [1.29, 1.82) is 0 Å². The number of nitrogens with zero attached hydrogens (tertiary/aromatic N) is 4. The summed E-state index contributed by atoms with van der Waals surface area (Å²) in [6.07, 6.45) is 2.80. The fourth-order valence-electron chi connectivity index (χ4n) is 3.06. The van der Waals surface area contributed by atoms with Gasteiger partial charge in [-0.3, -0.25) is 9.36 Å². The number of amides is 1. The quantitative estimate of drug-likeness (QED) is 0.237. The van der Waals surface area contributed by atoms with Gasteiger partial charge in [-0.05, 0) is 19.4 Å². The Hall–Kier alpha value is -2.75. The number of anilines is 1. The molecular weight excluding hydrogens is 458 g/mol. The largest absolute Gasteiger partial charge is 0.301 e. The zero-order valence-electron chi connectivity index (χ0n) is 17.9. The fraction of sp³-hybridized carbons (Fsp3) is 0.217. The van der Waals surface area contributed by atoms with Gasteiger partial charge in [0.05, 0.1) is 11.4 Å². The molecule has 1 aromatic carbocycles. The lowest BCUT2D eigenvalue weighted by Crippen LogP contribution is -2.14. The van der Waals surface area contributed by atoms with Crippen LogP contribution in [0.1, 0.15) is 17.4 Å². The monoisotopic (exact) mass is 481 g/mol. The first-order valence-electron chi connectivity index (χ1n) is 10.1. The standard InChI is InChI=1S/C23H23N5OS3/c1-4-10-28-21(17-11-18(5-2)30-12-17)26-27-23(28)32-14-20(29)25-22-24-19(13-31-22)16-8-6-15(3)7-9-16/h4,6-9,11-13H,1,5,10,14H2,2-3H3,(H,24,25,29). The number of aromatic nitrogens is 4. The normalized spacial score (nSPS) is 10.9. The number of thiazole rings is 1. The highest BCUT2D eigenvalue weighted by molar-refractivity contribution is 7.99. The summed E-state index contributed by atoms with van der Waals surface area (Å²) in [7, 11) is 0. The smallest absolute Gasteiger partial charge is 0.236 e. The van der Waals surface area contributed by atoms with Gasteiger partial charge in [0.1, 0.15) is 0 Å². The van der Waals surface area contributed by atoms with E-state index in [1.165, 1.54) is 33.5 Å². The van der Waals surface area contributed by atoms with Crippen molar-refractivity contribution in [3.8, 4) is 22.6 Å². The van der Waals surface area contributed by atoms with Gasteiger partial charge in [-0.1, -0.05) is 54.6 Å². The van der Waals surface area contributed by atoms with Crippen LogP contribution in [-0.2, 0) is 17.8 Å². The molecule has 0 bridgehead atoms. The molecule has 0 spiro atoms. The first-order valence-corrected chi connectivity index (χ1v) is 12.9. The number of hydrogen-bond acceptors (Lipinski definition) is 7. The molecule has 0 aliphatic rings.